The fraction of sp³-hybridized carbons (Fsp3) is 0.524. The van der Waals surface area contributed by atoms with Gasteiger partial charge in [0.1, 0.15) is 0 Å². The monoisotopic (exact) mass is 374 g/mol. The molecular weight excluding hydrogens is 344 g/mol. The molecule has 6 heteroatoms. The summed E-state index contributed by atoms with van der Waals surface area (Å²) in [4.78, 5) is 28.4. The lowest BCUT2D eigenvalue weighted by molar-refractivity contribution is -0.143. The zero-order valence-electron chi connectivity index (χ0n) is 16.9. The van der Waals surface area contributed by atoms with Gasteiger partial charge in [-0.05, 0) is 30.7 Å². The number of hydrogen-bond acceptors (Lipinski definition) is 4. The average molecular weight is 374 g/mol. The van der Waals surface area contributed by atoms with Gasteiger partial charge in [0, 0.05) is 37.7 Å². The first-order chi connectivity index (χ1) is 12.8. The highest BCUT2D eigenvalue weighted by Gasteiger charge is 2.30. The van der Waals surface area contributed by atoms with Crippen LogP contribution in [0.1, 0.15) is 33.3 Å². The van der Waals surface area contributed by atoms with E-state index >= 15 is 0 Å². The van der Waals surface area contributed by atoms with Gasteiger partial charge in [0.25, 0.3) is 0 Å². The Hall–Kier alpha value is -2.50. The van der Waals surface area contributed by atoms with Crippen molar-refractivity contribution in [2.45, 2.75) is 27.7 Å². The summed E-state index contributed by atoms with van der Waals surface area (Å²) in [5, 5.41) is 0. The van der Waals surface area contributed by atoms with Gasteiger partial charge in [-0.2, -0.15) is 0 Å². The quantitative estimate of drug-likeness (QED) is 0.744. The SMILES string of the molecule is CCOc1ccc(/C=C/C(=O)N2CCN(C(=O)C(C)(C)C)CC2)cc1OC. The summed E-state index contributed by atoms with van der Waals surface area (Å²) in [6.45, 7) is 10.5. The van der Waals surface area contributed by atoms with E-state index in [1.807, 2.05) is 50.8 Å². The topological polar surface area (TPSA) is 59.1 Å². The van der Waals surface area contributed by atoms with Crippen LogP contribution in [-0.2, 0) is 9.59 Å². The maximum atomic E-state index is 12.4. The largest absolute Gasteiger partial charge is 0.493 e. The van der Waals surface area contributed by atoms with E-state index in [0.717, 1.165) is 5.56 Å². The van der Waals surface area contributed by atoms with E-state index in [1.165, 1.54) is 0 Å². The minimum absolute atomic E-state index is 0.0503. The highest BCUT2D eigenvalue weighted by molar-refractivity contribution is 5.92. The highest BCUT2D eigenvalue weighted by atomic mass is 16.5. The summed E-state index contributed by atoms with van der Waals surface area (Å²) in [7, 11) is 1.59. The predicted octanol–water partition coefficient (Wildman–Crippen LogP) is 2.82. The molecule has 0 saturated carbocycles. The molecule has 0 bridgehead atoms. The normalized spacial score (nSPS) is 15.1. The number of hydrogen-bond donors (Lipinski definition) is 0. The molecule has 0 unspecified atom stereocenters. The molecule has 2 rings (SSSR count). The average Bonchev–Trinajstić information content (AvgIpc) is 2.66. The maximum Gasteiger partial charge on any atom is 0.246 e. The molecule has 1 aromatic rings. The Bertz CT molecular complexity index is 699. The molecule has 1 aliphatic rings. The van der Waals surface area contributed by atoms with Crippen LogP contribution < -0.4 is 9.47 Å². The third kappa shape index (κ3) is 5.49. The fourth-order valence-corrected chi connectivity index (χ4v) is 2.94. The first-order valence-electron chi connectivity index (χ1n) is 9.33. The molecule has 1 aliphatic heterocycles. The summed E-state index contributed by atoms with van der Waals surface area (Å²) < 4.78 is 10.8. The zero-order valence-corrected chi connectivity index (χ0v) is 16.9. The van der Waals surface area contributed by atoms with Crippen molar-refractivity contribution >= 4 is 17.9 Å². The van der Waals surface area contributed by atoms with Gasteiger partial charge in [0.2, 0.25) is 11.8 Å². The Morgan fingerprint density at radius 1 is 1.07 bits per heavy atom. The number of piperazine rings is 1. The maximum absolute atomic E-state index is 12.4. The molecule has 0 radical (unpaired) electrons. The molecule has 148 valence electrons. The molecule has 0 N–H and O–H groups in total. The number of amides is 2. The second kappa shape index (κ2) is 8.93. The highest BCUT2D eigenvalue weighted by Crippen LogP contribution is 2.28. The molecule has 1 heterocycles. The van der Waals surface area contributed by atoms with Crippen LogP contribution in [0.15, 0.2) is 24.3 Å². The van der Waals surface area contributed by atoms with E-state index in [1.54, 1.807) is 24.2 Å². The Kier molecular flexibility index (Phi) is 6.88. The second-order valence-corrected chi connectivity index (χ2v) is 7.54. The van der Waals surface area contributed by atoms with Crippen LogP contribution in [0.4, 0.5) is 0 Å². The lowest BCUT2D eigenvalue weighted by Gasteiger charge is -2.37. The van der Waals surface area contributed by atoms with Crippen LogP contribution in [-0.4, -0.2) is 61.5 Å². The van der Waals surface area contributed by atoms with Crippen molar-refractivity contribution in [2.24, 2.45) is 5.41 Å². The molecule has 1 fully saturated rings. The van der Waals surface area contributed by atoms with E-state index in [2.05, 4.69) is 0 Å². The number of rotatable bonds is 5. The van der Waals surface area contributed by atoms with Gasteiger partial charge in [-0.1, -0.05) is 26.8 Å². The number of nitrogens with zero attached hydrogens (tertiary/aromatic N) is 2. The van der Waals surface area contributed by atoms with E-state index < -0.39 is 5.41 Å². The molecule has 0 aromatic heterocycles. The van der Waals surface area contributed by atoms with Crippen molar-refractivity contribution in [3.63, 3.8) is 0 Å². The minimum Gasteiger partial charge on any atom is -0.493 e. The van der Waals surface area contributed by atoms with Crippen LogP contribution >= 0.6 is 0 Å². The first-order valence-corrected chi connectivity index (χ1v) is 9.33. The van der Waals surface area contributed by atoms with Crippen molar-refractivity contribution in [3.8, 4) is 11.5 Å². The van der Waals surface area contributed by atoms with Crippen LogP contribution in [0, 0.1) is 5.41 Å². The van der Waals surface area contributed by atoms with Gasteiger partial charge in [0.05, 0.1) is 13.7 Å². The van der Waals surface area contributed by atoms with Crippen LogP contribution in [0.5, 0.6) is 11.5 Å². The number of carbonyl (C=O) groups excluding carboxylic acids is 2. The van der Waals surface area contributed by atoms with E-state index in [4.69, 9.17) is 9.47 Å². The lowest BCUT2D eigenvalue weighted by atomic mass is 9.94. The van der Waals surface area contributed by atoms with Gasteiger partial charge in [-0.25, -0.2) is 0 Å². The summed E-state index contributed by atoms with van der Waals surface area (Å²) >= 11 is 0. The number of carbonyl (C=O) groups is 2. The Morgan fingerprint density at radius 3 is 2.26 bits per heavy atom. The first kappa shape index (κ1) is 20.8. The van der Waals surface area contributed by atoms with Crippen molar-refractivity contribution in [1.82, 2.24) is 9.80 Å². The fourth-order valence-electron chi connectivity index (χ4n) is 2.94. The van der Waals surface area contributed by atoms with Gasteiger partial charge < -0.3 is 19.3 Å². The van der Waals surface area contributed by atoms with E-state index in [-0.39, 0.29) is 11.8 Å². The van der Waals surface area contributed by atoms with E-state index in [9.17, 15) is 9.59 Å². The van der Waals surface area contributed by atoms with Gasteiger partial charge in [0.15, 0.2) is 11.5 Å². The predicted molar refractivity (Wildman–Crippen MR) is 106 cm³/mol. The molecule has 2 amide bonds. The Balaban J connectivity index is 1.95. The molecule has 0 atom stereocenters. The molecule has 27 heavy (non-hydrogen) atoms. The van der Waals surface area contributed by atoms with Gasteiger partial charge in [-0.3, -0.25) is 9.59 Å². The van der Waals surface area contributed by atoms with E-state index in [0.29, 0.717) is 44.3 Å². The molecule has 1 saturated heterocycles. The Morgan fingerprint density at radius 2 is 1.70 bits per heavy atom. The van der Waals surface area contributed by atoms with Crippen molar-refractivity contribution in [3.05, 3.63) is 29.8 Å². The molecule has 0 aliphatic carbocycles. The molecular formula is C21H30N2O4. The second-order valence-electron chi connectivity index (χ2n) is 7.54. The molecule has 6 nitrogen and oxygen atoms in total. The molecule has 0 spiro atoms. The smallest absolute Gasteiger partial charge is 0.246 e. The van der Waals surface area contributed by atoms with Crippen molar-refractivity contribution in [1.29, 1.82) is 0 Å². The minimum atomic E-state index is -0.390. The zero-order chi connectivity index (χ0) is 20.0. The standard InChI is InChI=1S/C21H30N2O4/c1-6-27-17-9-7-16(15-18(17)26-5)8-10-19(24)22-11-13-23(14-12-22)20(25)21(2,3)4/h7-10,15H,6,11-14H2,1-5H3/b10-8+. The third-order valence-electron chi connectivity index (χ3n) is 4.43. The summed E-state index contributed by atoms with van der Waals surface area (Å²) in [5.41, 5.74) is 0.476. The van der Waals surface area contributed by atoms with Gasteiger partial charge >= 0.3 is 0 Å². The van der Waals surface area contributed by atoms with Crippen LogP contribution in [0.3, 0.4) is 0 Å². The summed E-state index contributed by atoms with van der Waals surface area (Å²) in [6, 6.07) is 5.56. The van der Waals surface area contributed by atoms with Gasteiger partial charge in [-0.15, -0.1) is 0 Å². The lowest BCUT2D eigenvalue weighted by Crippen LogP contribution is -2.52. The van der Waals surface area contributed by atoms with Crippen molar-refractivity contribution < 1.29 is 19.1 Å². The number of ether oxygens (including phenoxy) is 2. The number of benzene rings is 1. The summed E-state index contributed by atoms with van der Waals surface area (Å²) in [5.74, 6) is 1.40. The molecule has 1 aromatic carbocycles. The number of methoxy groups -OCH3 is 1. The van der Waals surface area contributed by atoms with Crippen LogP contribution in [0.2, 0.25) is 0 Å². The third-order valence-corrected chi connectivity index (χ3v) is 4.43. The summed E-state index contributed by atoms with van der Waals surface area (Å²) in [6.07, 6.45) is 3.34. The van der Waals surface area contributed by atoms with Crippen LogP contribution in [0.25, 0.3) is 6.08 Å². The van der Waals surface area contributed by atoms with Crippen molar-refractivity contribution in [2.75, 3.05) is 39.9 Å². The Labute approximate surface area is 161 Å².